The first-order valence-corrected chi connectivity index (χ1v) is 7.73. The molecule has 0 amide bonds. The minimum Gasteiger partial charge on any atom is -0.460 e. The molecule has 0 aromatic carbocycles. The van der Waals surface area contributed by atoms with Crippen molar-refractivity contribution in [2.24, 2.45) is 0 Å². The highest BCUT2D eigenvalue weighted by Crippen LogP contribution is 2.17. The van der Waals surface area contributed by atoms with Crippen LogP contribution in [0.3, 0.4) is 0 Å². The van der Waals surface area contributed by atoms with Gasteiger partial charge in [-0.3, -0.25) is 4.90 Å². The van der Waals surface area contributed by atoms with Gasteiger partial charge in [0, 0.05) is 6.54 Å². The quantitative estimate of drug-likeness (QED) is 0.688. The van der Waals surface area contributed by atoms with Crippen LogP contribution in [0.2, 0.25) is 0 Å². The average Bonchev–Trinajstić information content (AvgIpc) is 2.69. The zero-order chi connectivity index (χ0) is 14.3. The van der Waals surface area contributed by atoms with E-state index in [2.05, 4.69) is 23.7 Å². The minimum atomic E-state index is -0.240. The standard InChI is InChI=1S/C14H24N2O2S/c1-5-7-16(8-6-2)9-10-18-14(17)13-11(3)15-12(4)19-13/h5-10H2,1-4H3. The molecule has 1 aromatic rings. The lowest BCUT2D eigenvalue weighted by Crippen LogP contribution is -2.29. The maximum atomic E-state index is 11.9. The van der Waals surface area contributed by atoms with Gasteiger partial charge >= 0.3 is 5.97 Å². The molecule has 4 nitrogen and oxygen atoms in total. The molecule has 0 radical (unpaired) electrons. The highest BCUT2D eigenvalue weighted by atomic mass is 32.1. The summed E-state index contributed by atoms with van der Waals surface area (Å²) in [7, 11) is 0. The largest absolute Gasteiger partial charge is 0.460 e. The summed E-state index contributed by atoms with van der Waals surface area (Å²) in [5.41, 5.74) is 0.770. The van der Waals surface area contributed by atoms with Crippen LogP contribution in [0.25, 0.3) is 0 Å². The average molecular weight is 284 g/mol. The summed E-state index contributed by atoms with van der Waals surface area (Å²) in [6, 6.07) is 0. The van der Waals surface area contributed by atoms with Crippen molar-refractivity contribution in [3.05, 3.63) is 15.6 Å². The van der Waals surface area contributed by atoms with E-state index < -0.39 is 0 Å². The van der Waals surface area contributed by atoms with E-state index in [1.165, 1.54) is 11.3 Å². The third-order valence-electron chi connectivity index (χ3n) is 2.81. The van der Waals surface area contributed by atoms with Crippen molar-refractivity contribution in [2.45, 2.75) is 40.5 Å². The van der Waals surface area contributed by atoms with Crippen LogP contribution in [0.4, 0.5) is 0 Å². The number of aryl methyl sites for hydroxylation is 2. The van der Waals surface area contributed by atoms with Gasteiger partial charge in [-0.05, 0) is 39.8 Å². The third-order valence-corrected chi connectivity index (χ3v) is 3.86. The summed E-state index contributed by atoms with van der Waals surface area (Å²) in [4.78, 5) is 19.1. The lowest BCUT2D eigenvalue weighted by Gasteiger charge is -2.20. The van der Waals surface area contributed by atoms with Crippen LogP contribution in [0.1, 0.15) is 47.1 Å². The SMILES string of the molecule is CCCN(CCC)CCOC(=O)c1sc(C)nc1C. The molecule has 1 rings (SSSR count). The summed E-state index contributed by atoms with van der Waals surface area (Å²) < 4.78 is 5.34. The first-order chi connectivity index (χ1) is 9.08. The van der Waals surface area contributed by atoms with Gasteiger partial charge in [-0.15, -0.1) is 11.3 Å². The number of carbonyl (C=O) groups is 1. The number of esters is 1. The van der Waals surface area contributed by atoms with Crippen molar-refractivity contribution in [3.63, 3.8) is 0 Å². The lowest BCUT2D eigenvalue weighted by atomic mass is 10.3. The van der Waals surface area contributed by atoms with Crippen LogP contribution in [-0.2, 0) is 4.74 Å². The number of hydrogen-bond donors (Lipinski definition) is 0. The molecule has 0 aliphatic heterocycles. The fourth-order valence-electron chi connectivity index (χ4n) is 2.02. The van der Waals surface area contributed by atoms with Gasteiger partial charge in [0.1, 0.15) is 11.5 Å². The van der Waals surface area contributed by atoms with Crippen molar-refractivity contribution in [3.8, 4) is 0 Å². The molecule has 0 aliphatic rings. The molecule has 0 aliphatic carbocycles. The Kier molecular flexibility index (Phi) is 7.02. The monoisotopic (exact) mass is 284 g/mol. The number of hydrogen-bond acceptors (Lipinski definition) is 5. The van der Waals surface area contributed by atoms with Gasteiger partial charge in [0.25, 0.3) is 0 Å². The lowest BCUT2D eigenvalue weighted by molar-refractivity contribution is 0.0466. The second-order valence-corrected chi connectivity index (χ2v) is 5.83. The Morgan fingerprint density at radius 2 is 1.84 bits per heavy atom. The van der Waals surface area contributed by atoms with E-state index in [-0.39, 0.29) is 5.97 Å². The van der Waals surface area contributed by atoms with Crippen LogP contribution < -0.4 is 0 Å². The molecule has 0 N–H and O–H groups in total. The molecule has 0 fully saturated rings. The van der Waals surface area contributed by atoms with Crippen molar-refractivity contribution >= 4 is 17.3 Å². The zero-order valence-corrected chi connectivity index (χ0v) is 13.2. The predicted molar refractivity (Wildman–Crippen MR) is 78.9 cm³/mol. The topological polar surface area (TPSA) is 42.4 Å². The van der Waals surface area contributed by atoms with E-state index in [1.54, 1.807) is 0 Å². The van der Waals surface area contributed by atoms with Gasteiger partial charge in [-0.1, -0.05) is 13.8 Å². The molecular formula is C14H24N2O2S. The first-order valence-electron chi connectivity index (χ1n) is 6.92. The first kappa shape index (κ1) is 16.1. The number of nitrogens with zero attached hydrogens (tertiary/aromatic N) is 2. The second-order valence-electron chi connectivity index (χ2n) is 4.62. The predicted octanol–water partition coefficient (Wildman–Crippen LogP) is 3.04. The van der Waals surface area contributed by atoms with Crippen LogP contribution >= 0.6 is 11.3 Å². The Bertz CT molecular complexity index is 398. The molecule has 0 bridgehead atoms. The highest BCUT2D eigenvalue weighted by Gasteiger charge is 2.15. The molecule has 5 heteroatoms. The molecule has 1 aromatic heterocycles. The van der Waals surface area contributed by atoms with Gasteiger partial charge in [0.15, 0.2) is 0 Å². The molecular weight excluding hydrogens is 260 g/mol. The molecule has 0 saturated heterocycles. The third kappa shape index (κ3) is 5.28. The molecule has 0 spiro atoms. The highest BCUT2D eigenvalue weighted by molar-refractivity contribution is 7.13. The van der Waals surface area contributed by atoms with E-state index in [0.717, 1.165) is 43.2 Å². The molecule has 0 saturated carbocycles. The van der Waals surface area contributed by atoms with Crippen molar-refractivity contribution in [1.29, 1.82) is 0 Å². The maximum Gasteiger partial charge on any atom is 0.350 e. The Labute approximate surface area is 119 Å². The fraction of sp³-hybridized carbons (Fsp3) is 0.714. The van der Waals surface area contributed by atoms with Gasteiger partial charge in [0.2, 0.25) is 0 Å². The van der Waals surface area contributed by atoms with Gasteiger partial charge in [-0.2, -0.15) is 0 Å². The summed E-state index contributed by atoms with van der Waals surface area (Å²) in [6.07, 6.45) is 2.25. The van der Waals surface area contributed by atoms with Crippen LogP contribution in [0.15, 0.2) is 0 Å². The number of thiazole rings is 1. The number of rotatable bonds is 8. The summed E-state index contributed by atoms with van der Waals surface area (Å²) >= 11 is 1.40. The maximum absolute atomic E-state index is 11.9. The Balaban J connectivity index is 2.39. The van der Waals surface area contributed by atoms with Crippen molar-refractivity contribution in [1.82, 2.24) is 9.88 Å². The summed E-state index contributed by atoms with van der Waals surface area (Å²) in [5.74, 6) is -0.240. The number of carbonyl (C=O) groups excluding carboxylic acids is 1. The van der Waals surface area contributed by atoms with Crippen LogP contribution in [0.5, 0.6) is 0 Å². The Morgan fingerprint density at radius 1 is 1.21 bits per heavy atom. The normalized spacial score (nSPS) is 11.0. The molecule has 0 atom stereocenters. The zero-order valence-electron chi connectivity index (χ0n) is 12.4. The van der Waals surface area contributed by atoms with Gasteiger partial charge in [-0.25, -0.2) is 9.78 Å². The molecule has 19 heavy (non-hydrogen) atoms. The van der Waals surface area contributed by atoms with Gasteiger partial charge < -0.3 is 4.74 Å². The van der Waals surface area contributed by atoms with E-state index in [9.17, 15) is 4.79 Å². The van der Waals surface area contributed by atoms with E-state index in [1.807, 2.05) is 13.8 Å². The Morgan fingerprint density at radius 3 is 2.32 bits per heavy atom. The fourth-order valence-corrected chi connectivity index (χ4v) is 2.84. The van der Waals surface area contributed by atoms with E-state index in [4.69, 9.17) is 4.74 Å². The van der Waals surface area contributed by atoms with E-state index in [0.29, 0.717) is 11.5 Å². The number of ether oxygens (including phenoxy) is 1. The second kappa shape index (κ2) is 8.27. The van der Waals surface area contributed by atoms with Crippen molar-refractivity contribution in [2.75, 3.05) is 26.2 Å². The van der Waals surface area contributed by atoms with Crippen molar-refractivity contribution < 1.29 is 9.53 Å². The number of aromatic nitrogens is 1. The molecule has 108 valence electrons. The summed E-state index contributed by atoms with van der Waals surface area (Å²) in [6.45, 7) is 11.5. The van der Waals surface area contributed by atoms with Crippen LogP contribution in [0, 0.1) is 13.8 Å². The minimum absolute atomic E-state index is 0.240. The molecule has 0 unspecified atom stereocenters. The summed E-state index contributed by atoms with van der Waals surface area (Å²) in [5, 5.41) is 0.906. The van der Waals surface area contributed by atoms with Crippen LogP contribution in [-0.4, -0.2) is 42.1 Å². The molecule has 1 heterocycles. The Hall–Kier alpha value is -0.940. The smallest absolute Gasteiger partial charge is 0.350 e. The van der Waals surface area contributed by atoms with E-state index >= 15 is 0 Å². The van der Waals surface area contributed by atoms with Gasteiger partial charge in [0.05, 0.1) is 10.7 Å².